The summed E-state index contributed by atoms with van der Waals surface area (Å²) in [5.74, 6) is -1.16. The van der Waals surface area contributed by atoms with Crippen LogP contribution < -0.4 is 4.90 Å². The zero-order chi connectivity index (χ0) is 15.1. The first-order chi connectivity index (χ1) is 10.0. The van der Waals surface area contributed by atoms with Crippen molar-refractivity contribution in [3.8, 4) is 0 Å². The number of benzene rings is 1. The number of fused-ring (bicyclic) bond motifs is 1. The average Bonchev–Trinajstić information content (AvgIpc) is 2.71. The lowest BCUT2D eigenvalue weighted by atomic mass is 10.1. The van der Waals surface area contributed by atoms with E-state index in [1.807, 2.05) is 0 Å². The minimum atomic E-state index is -0.722. The molecular formula is C14H9N3O4. The molecule has 7 heteroatoms. The van der Waals surface area contributed by atoms with E-state index in [-0.39, 0.29) is 22.6 Å². The number of amides is 2. The van der Waals surface area contributed by atoms with Crippen LogP contribution in [0.2, 0.25) is 0 Å². The summed E-state index contributed by atoms with van der Waals surface area (Å²) in [5.41, 5.74) is 0.292. The van der Waals surface area contributed by atoms with Crippen LogP contribution in [0.25, 0.3) is 0 Å². The van der Waals surface area contributed by atoms with Gasteiger partial charge in [-0.3, -0.25) is 19.7 Å². The SMILES string of the molecule is Cc1ccnc(N2C(=O)c3cccc([N+](=O)[O-])c3C2=O)c1. The smallest absolute Gasteiger partial charge is 0.268 e. The molecule has 0 saturated heterocycles. The van der Waals surface area contributed by atoms with Gasteiger partial charge >= 0.3 is 0 Å². The zero-order valence-electron chi connectivity index (χ0n) is 10.9. The minimum absolute atomic E-state index is 0.0255. The molecule has 7 nitrogen and oxygen atoms in total. The van der Waals surface area contributed by atoms with E-state index in [0.29, 0.717) is 0 Å². The number of hydrogen-bond acceptors (Lipinski definition) is 5. The Balaban J connectivity index is 2.18. The topological polar surface area (TPSA) is 93.4 Å². The lowest BCUT2D eigenvalue weighted by Crippen LogP contribution is -2.30. The van der Waals surface area contributed by atoms with Gasteiger partial charge in [0.2, 0.25) is 0 Å². The zero-order valence-corrected chi connectivity index (χ0v) is 10.9. The highest BCUT2D eigenvalue weighted by Gasteiger charge is 2.42. The van der Waals surface area contributed by atoms with Crippen LogP contribution >= 0.6 is 0 Å². The maximum absolute atomic E-state index is 12.4. The maximum Gasteiger partial charge on any atom is 0.283 e. The number of nitro benzene ring substituents is 1. The van der Waals surface area contributed by atoms with Crippen molar-refractivity contribution in [3.05, 3.63) is 63.3 Å². The van der Waals surface area contributed by atoms with E-state index >= 15 is 0 Å². The molecule has 3 rings (SSSR count). The van der Waals surface area contributed by atoms with Crippen LogP contribution in [0.15, 0.2) is 36.5 Å². The molecule has 1 aliphatic heterocycles. The third-order valence-corrected chi connectivity index (χ3v) is 3.22. The van der Waals surface area contributed by atoms with Crippen molar-refractivity contribution in [2.45, 2.75) is 6.92 Å². The van der Waals surface area contributed by atoms with Gasteiger partial charge < -0.3 is 0 Å². The summed E-state index contributed by atoms with van der Waals surface area (Å²) in [6.45, 7) is 1.80. The first kappa shape index (κ1) is 12.9. The molecule has 0 bridgehead atoms. The van der Waals surface area contributed by atoms with Crippen LogP contribution in [0.5, 0.6) is 0 Å². The van der Waals surface area contributed by atoms with Crippen LogP contribution in [0.4, 0.5) is 11.5 Å². The molecule has 0 radical (unpaired) electrons. The molecule has 0 aliphatic carbocycles. The van der Waals surface area contributed by atoms with Gasteiger partial charge in [-0.2, -0.15) is 0 Å². The molecule has 0 unspecified atom stereocenters. The Morgan fingerprint density at radius 1 is 1.19 bits per heavy atom. The Hall–Kier alpha value is -3.09. The predicted molar refractivity (Wildman–Crippen MR) is 73.2 cm³/mol. The Kier molecular flexibility index (Phi) is 2.76. The number of carbonyl (C=O) groups excluding carboxylic acids is 2. The number of nitrogens with zero attached hydrogens (tertiary/aromatic N) is 3. The van der Waals surface area contributed by atoms with Gasteiger partial charge in [0.1, 0.15) is 11.4 Å². The Labute approximate surface area is 119 Å². The normalized spacial score (nSPS) is 13.5. The van der Waals surface area contributed by atoms with Gasteiger partial charge in [-0.05, 0) is 30.7 Å². The summed E-state index contributed by atoms with van der Waals surface area (Å²) in [6, 6.07) is 7.29. The third-order valence-electron chi connectivity index (χ3n) is 3.22. The molecule has 1 aliphatic rings. The summed E-state index contributed by atoms with van der Waals surface area (Å²) in [5, 5.41) is 11.0. The Morgan fingerprint density at radius 3 is 2.62 bits per heavy atom. The number of nitro groups is 1. The van der Waals surface area contributed by atoms with Crippen molar-refractivity contribution in [2.24, 2.45) is 0 Å². The highest BCUT2D eigenvalue weighted by Crippen LogP contribution is 2.33. The molecule has 1 aromatic carbocycles. The highest BCUT2D eigenvalue weighted by molar-refractivity contribution is 6.35. The van der Waals surface area contributed by atoms with Crippen LogP contribution in [-0.4, -0.2) is 21.7 Å². The second-order valence-corrected chi connectivity index (χ2v) is 4.59. The Morgan fingerprint density at radius 2 is 1.95 bits per heavy atom. The van der Waals surface area contributed by atoms with Gasteiger partial charge in [0.15, 0.2) is 0 Å². The van der Waals surface area contributed by atoms with E-state index in [4.69, 9.17) is 0 Å². The summed E-state index contributed by atoms with van der Waals surface area (Å²) in [6.07, 6.45) is 1.47. The van der Waals surface area contributed by atoms with Gasteiger partial charge in [0, 0.05) is 12.3 Å². The molecule has 0 N–H and O–H groups in total. The Bertz CT molecular complexity index is 801. The van der Waals surface area contributed by atoms with E-state index < -0.39 is 16.7 Å². The quantitative estimate of drug-likeness (QED) is 0.478. The van der Waals surface area contributed by atoms with E-state index in [0.717, 1.165) is 10.5 Å². The van der Waals surface area contributed by atoms with Crippen molar-refractivity contribution < 1.29 is 14.5 Å². The first-order valence-corrected chi connectivity index (χ1v) is 6.09. The molecule has 0 atom stereocenters. The molecule has 2 heterocycles. The third kappa shape index (κ3) is 1.86. The van der Waals surface area contributed by atoms with E-state index in [2.05, 4.69) is 4.98 Å². The molecular weight excluding hydrogens is 274 g/mol. The standard InChI is InChI=1S/C14H9N3O4/c1-8-5-6-15-11(7-8)16-13(18)9-3-2-4-10(17(20)21)12(9)14(16)19/h2-7H,1H3. The number of aromatic nitrogens is 1. The summed E-state index contributed by atoms with van der Waals surface area (Å²) >= 11 is 0. The van der Waals surface area contributed by atoms with E-state index in [1.54, 1.807) is 19.1 Å². The van der Waals surface area contributed by atoms with Gasteiger partial charge in [-0.15, -0.1) is 0 Å². The van der Waals surface area contributed by atoms with Crippen molar-refractivity contribution in [1.82, 2.24) is 4.98 Å². The largest absolute Gasteiger partial charge is 0.283 e. The second kappa shape index (κ2) is 4.48. The van der Waals surface area contributed by atoms with Crippen molar-refractivity contribution in [2.75, 3.05) is 4.90 Å². The predicted octanol–water partition coefficient (Wildman–Crippen LogP) is 2.10. The van der Waals surface area contributed by atoms with Gasteiger partial charge in [-0.1, -0.05) is 6.07 Å². The van der Waals surface area contributed by atoms with Crippen molar-refractivity contribution in [1.29, 1.82) is 0 Å². The summed E-state index contributed by atoms with van der Waals surface area (Å²) in [4.78, 5) is 39.9. The van der Waals surface area contributed by atoms with Crippen LogP contribution in [0.1, 0.15) is 26.3 Å². The van der Waals surface area contributed by atoms with Crippen molar-refractivity contribution >= 4 is 23.3 Å². The number of hydrogen-bond donors (Lipinski definition) is 0. The van der Waals surface area contributed by atoms with Crippen LogP contribution in [0.3, 0.4) is 0 Å². The van der Waals surface area contributed by atoms with Gasteiger partial charge in [-0.25, -0.2) is 9.88 Å². The molecule has 1 aromatic heterocycles. The minimum Gasteiger partial charge on any atom is -0.268 e. The fourth-order valence-corrected chi connectivity index (χ4v) is 2.27. The fourth-order valence-electron chi connectivity index (χ4n) is 2.27. The number of rotatable bonds is 2. The molecule has 0 saturated carbocycles. The van der Waals surface area contributed by atoms with E-state index in [9.17, 15) is 19.7 Å². The molecule has 104 valence electrons. The highest BCUT2D eigenvalue weighted by atomic mass is 16.6. The molecule has 2 amide bonds. The van der Waals surface area contributed by atoms with Gasteiger partial charge in [0.05, 0.1) is 10.5 Å². The molecule has 2 aromatic rings. The molecule has 21 heavy (non-hydrogen) atoms. The average molecular weight is 283 g/mol. The number of aryl methyl sites for hydroxylation is 1. The van der Waals surface area contributed by atoms with Crippen LogP contribution in [-0.2, 0) is 0 Å². The number of pyridine rings is 1. The lowest BCUT2D eigenvalue weighted by Gasteiger charge is -2.12. The summed E-state index contributed by atoms with van der Waals surface area (Å²) < 4.78 is 0. The van der Waals surface area contributed by atoms with Crippen LogP contribution in [0, 0.1) is 17.0 Å². The number of carbonyl (C=O) groups is 2. The van der Waals surface area contributed by atoms with Crippen molar-refractivity contribution in [3.63, 3.8) is 0 Å². The summed E-state index contributed by atoms with van der Waals surface area (Å²) in [7, 11) is 0. The molecule has 0 fully saturated rings. The van der Waals surface area contributed by atoms with E-state index in [1.165, 1.54) is 24.4 Å². The number of imide groups is 1. The monoisotopic (exact) mass is 283 g/mol. The van der Waals surface area contributed by atoms with Gasteiger partial charge in [0.25, 0.3) is 17.5 Å². The molecule has 0 spiro atoms. The fraction of sp³-hybridized carbons (Fsp3) is 0.0714. The maximum atomic E-state index is 12.4. The first-order valence-electron chi connectivity index (χ1n) is 6.09. The second-order valence-electron chi connectivity index (χ2n) is 4.59. The number of anilines is 1. The lowest BCUT2D eigenvalue weighted by molar-refractivity contribution is -0.385.